The van der Waals surface area contributed by atoms with Gasteiger partial charge in [0.05, 0.1) is 18.8 Å². The second kappa shape index (κ2) is 6.50. The van der Waals surface area contributed by atoms with Crippen LogP contribution in [0.4, 0.5) is 0 Å². The summed E-state index contributed by atoms with van der Waals surface area (Å²) in [6.07, 6.45) is 1.80. The van der Waals surface area contributed by atoms with E-state index in [4.69, 9.17) is 4.74 Å². The Kier molecular flexibility index (Phi) is 4.96. The predicted octanol–water partition coefficient (Wildman–Crippen LogP) is 3.92. The number of ether oxygens (including phenoxy) is 1. The molecule has 0 bridgehead atoms. The number of aromatic nitrogens is 1. The number of nitrogens with one attached hydrogen (secondary N) is 1. The molecule has 1 unspecified atom stereocenters. The van der Waals surface area contributed by atoms with Crippen LogP contribution in [0, 0.1) is 0 Å². The summed E-state index contributed by atoms with van der Waals surface area (Å²) in [4.78, 5) is 4.48. The predicted molar refractivity (Wildman–Crippen MR) is 83.5 cm³/mol. The van der Waals surface area contributed by atoms with Gasteiger partial charge in [0.25, 0.3) is 0 Å². The van der Waals surface area contributed by atoms with Crippen molar-refractivity contribution in [3.63, 3.8) is 0 Å². The fraction of sp³-hybridized carbons (Fsp3) is 0.214. The monoisotopic (exact) mass is 384 g/mol. The SMILES string of the molecule is CNC(c1cccc(OC)c1)c1ncc(Br)cc1Br. The lowest BCUT2D eigenvalue weighted by Crippen LogP contribution is -2.19. The van der Waals surface area contributed by atoms with Crippen molar-refractivity contribution in [2.45, 2.75) is 6.04 Å². The largest absolute Gasteiger partial charge is 0.497 e. The highest BCUT2D eigenvalue weighted by atomic mass is 79.9. The van der Waals surface area contributed by atoms with Gasteiger partial charge in [0.15, 0.2) is 0 Å². The lowest BCUT2D eigenvalue weighted by Gasteiger charge is -2.18. The quantitative estimate of drug-likeness (QED) is 0.865. The third-order valence-electron chi connectivity index (χ3n) is 2.83. The van der Waals surface area contributed by atoms with Crippen LogP contribution in [0.3, 0.4) is 0 Å². The van der Waals surface area contributed by atoms with E-state index in [1.165, 1.54) is 0 Å². The van der Waals surface area contributed by atoms with Crippen molar-refractivity contribution in [3.8, 4) is 5.75 Å². The highest BCUT2D eigenvalue weighted by Gasteiger charge is 2.17. The van der Waals surface area contributed by atoms with Crippen LogP contribution in [0.2, 0.25) is 0 Å². The third kappa shape index (κ3) is 3.35. The molecular weight excluding hydrogens is 372 g/mol. The highest BCUT2D eigenvalue weighted by Crippen LogP contribution is 2.30. The van der Waals surface area contributed by atoms with Crippen molar-refractivity contribution in [2.24, 2.45) is 0 Å². The van der Waals surface area contributed by atoms with E-state index in [9.17, 15) is 0 Å². The minimum Gasteiger partial charge on any atom is -0.497 e. The van der Waals surface area contributed by atoms with Gasteiger partial charge >= 0.3 is 0 Å². The average Bonchev–Trinajstić information content (AvgIpc) is 2.42. The Morgan fingerprint density at radius 1 is 1.26 bits per heavy atom. The maximum Gasteiger partial charge on any atom is 0.119 e. The summed E-state index contributed by atoms with van der Waals surface area (Å²) in [5, 5.41) is 3.28. The Balaban J connectivity index is 2.43. The molecule has 0 radical (unpaired) electrons. The van der Waals surface area contributed by atoms with Crippen LogP contribution in [0.15, 0.2) is 45.5 Å². The molecule has 1 aromatic carbocycles. The van der Waals surface area contributed by atoms with E-state index in [1.54, 1.807) is 13.3 Å². The molecule has 0 saturated carbocycles. The summed E-state index contributed by atoms with van der Waals surface area (Å²) in [7, 11) is 3.58. The molecule has 0 aliphatic heterocycles. The van der Waals surface area contributed by atoms with E-state index < -0.39 is 0 Å². The van der Waals surface area contributed by atoms with E-state index in [2.05, 4.69) is 48.2 Å². The van der Waals surface area contributed by atoms with Crippen molar-refractivity contribution in [1.82, 2.24) is 10.3 Å². The van der Waals surface area contributed by atoms with Crippen molar-refractivity contribution >= 4 is 31.9 Å². The number of methoxy groups -OCH3 is 1. The van der Waals surface area contributed by atoms with E-state index in [0.29, 0.717) is 0 Å². The molecule has 1 heterocycles. The number of halogens is 2. The normalized spacial score (nSPS) is 12.2. The average molecular weight is 386 g/mol. The molecule has 0 saturated heterocycles. The van der Waals surface area contributed by atoms with Gasteiger partial charge in [-0.3, -0.25) is 4.98 Å². The number of rotatable bonds is 4. The fourth-order valence-electron chi connectivity index (χ4n) is 1.92. The van der Waals surface area contributed by atoms with Crippen LogP contribution in [0.5, 0.6) is 5.75 Å². The summed E-state index contributed by atoms with van der Waals surface area (Å²) in [5.74, 6) is 0.839. The zero-order chi connectivity index (χ0) is 13.8. The Hall–Kier alpha value is -0.910. The molecule has 0 amide bonds. The van der Waals surface area contributed by atoms with E-state index in [1.807, 2.05) is 31.3 Å². The Morgan fingerprint density at radius 3 is 2.68 bits per heavy atom. The number of hydrogen-bond donors (Lipinski definition) is 1. The van der Waals surface area contributed by atoms with Gasteiger partial charge in [-0.15, -0.1) is 0 Å². The van der Waals surface area contributed by atoms with Gasteiger partial charge in [-0.1, -0.05) is 12.1 Å². The van der Waals surface area contributed by atoms with Crippen molar-refractivity contribution in [1.29, 1.82) is 0 Å². The Morgan fingerprint density at radius 2 is 2.05 bits per heavy atom. The molecule has 5 heteroatoms. The standard InChI is InChI=1S/C14H14Br2N2O/c1-17-13(9-4-3-5-11(6-9)19-2)14-12(16)7-10(15)8-18-14/h3-8,13,17H,1-2H3. The van der Waals surface area contributed by atoms with Crippen molar-refractivity contribution in [3.05, 3.63) is 56.7 Å². The van der Waals surface area contributed by atoms with Gasteiger partial charge in [-0.25, -0.2) is 0 Å². The van der Waals surface area contributed by atoms with Crippen molar-refractivity contribution < 1.29 is 4.74 Å². The molecule has 0 fully saturated rings. The molecule has 1 atom stereocenters. The minimum atomic E-state index is 0.0116. The molecule has 0 aliphatic rings. The summed E-state index contributed by atoms with van der Waals surface area (Å²) in [6.45, 7) is 0. The first kappa shape index (κ1) is 14.5. The van der Waals surface area contributed by atoms with Gasteiger partial charge in [-0.2, -0.15) is 0 Å². The van der Waals surface area contributed by atoms with Gasteiger partial charge in [0.1, 0.15) is 5.75 Å². The van der Waals surface area contributed by atoms with Crippen LogP contribution >= 0.6 is 31.9 Å². The van der Waals surface area contributed by atoms with Crippen LogP contribution in [0.1, 0.15) is 17.3 Å². The second-order valence-electron chi connectivity index (χ2n) is 4.02. The topological polar surface area (TPSA) is 34.1 Å². The number of benzene rings is 1. The Bertz CT molecular complexity index is 575. The van der Waals surface area contributed by atoms with E-state index in [-0.39, 0.29) is 6.04 Å². The highest BCUT2D eigenvalue weighted by molar-refractivity contribution is 9.11. The van der Waals surface area contributed by atoms with Gasteiger partial charge in [0.2, 0.25) is 0 Å². The smallest absolute Gasteiger partial charge is 0.119 e. The van der Waals surface area contributed by atoms with Crippen molar-refractivity contribution in [2.75, 3.05) is 14.2 Å². The van der Waals surface area contributed by atoms with E-state index in [0.717, 1.165) is 26.0 Å². The second-order valence-corrected chi connectivity index (χ2v) is 5.79. The lowest BCUT2D eigenvalue weighted by molar-refractivity contribution is 0.413. The zero-order valence-corrected chi connectivity index (χ0v) is 13.8. The maximum atomic E-state index is 5.27. The van der Waals surface area contributed by atoms with E-state index >= 15 is 0 Å². The summed E-state index contributed by atoms with van der Waals surface area (Å²) >= 11 is 6.97. The molecule has 19 heavy (non-hydrogen) atoms. The number of hydrogen-bond acceptors (Lipinski definition) is 3. The summed E-state index contributed by atoms with van der Waals surface area (Å²) < 4.78 is 7.18. The van der Waals surface area contributed by atoms with Crippen LogP contribution in [-0.4, -0.2) is 19.1 Å². The van der Waals surface area contributed by atoms with Crippen LogP contribution in [0.25, 0.3) is 0 Å². The van der Waals surface area contributed by atoms with Gasteiger partial charge in [0, 0.05) is 15.1 Å². The van der Waals surface area contributed by atoms with Gasteiger partial charge in [-0.05, 0) is 62.7 Å². The molecule has 0 spiro atoms. The Labute approximate surface area is 129 Å². The molecule has 100 valence electrons. The van der Waals surface area contributed by atoms with Crippen LogP contribution in [-0.2, 0) is 0 Å². The summed E-state index contributed by atoms with van der Waals surface area (Å²) in [5.41, 5.74) is 2.05. The molecule has 1 N–H and O–H groups in total. The number of nitrogens with zero attached hydrogens (tertiary/aromatic N) is 1. The minimum absolute atomic E-state index is 0.0116. The van der Waals surface area contributed by atoms with Gasteiger partial charge < -0.3 is 10.1 Å². The molecule has 0 aliphatic carbocycles. The molecule has 1 aromatic heterocycles. The molecule has 2 aromatic rings. The fourth-order valence-corrected chi connectivity index (χ4v) is 3.14. The first-order valence-electron chi connectivity index (χ1n) is 5.78. The lowest BCUT2D eigenvalue weighted by atomic mass is 10.0. The maximum absolute atomic E-state index is 5.27. The van der Waals surface area contributed by atoms with Crippen LogP contribution < -0.4 is 10.1 Å². The summed E-state index contributed by atoms with van der Waals surface area (Å²) in [6, 6.07) is 9.98. The zero-order valence-electron chi connectivity index (χ0n) is 10.7. The molecule has 2 rings (SSSR count). The third-order valence-corrected chi connectivity index (χ3v) is 3.89. The number of pyridine rings is 1. The first-order valence-corrected chi connectivity index (χ1v) is 7.36. The molecule has 3 nitrogen and oxygen atoms in total. The molecular formula is C14H14Br2N2O. The first-order chi connectivity index (χ1) is 9.15.